The Bertz CT molecular complexity index is 462. The van der Waals surface area contributed by atoms with E-state index < -0.39 is 11.8 Å². The molecule has 0 aliphatic rings. The number of phenolic OH excluding ortho intramolecular Hbond substituents is 2. The minimum absolute atomic E-state index is 0.233. The van der Waals surface area contributed by atoms with E-state index in [-0.39, 0.29) is 17.9 Å². The normalized spacial score (nSPS) is 10.4. The van der Waals surface area contributed by atoms with Crippen molar-refractivity contribution in [1.82, 2.24) is 0 Å². The fraction of sp³-hybridized carbons (Fsp3) is 0.167. The number of ether oxygens (including phenoxy) is 1. The smallest absolute Gasteiger partial charge is 0.313 e. The number of carbonyl (C=O) groups is 2. The highest BCUT2D eigenvalue weighted by Gasteiger charge is 2.05. The van der Waals surface area contributed by atoms with Gasteiger partial charge in [-0.3, -0.25) is 9.59 Å². The number of hydrogen-bond acceptors (Lipinski definition) is 5. The number of ketones is 1. The summed E-state index contributed by atoms with van der Waals surface area (Å²) in [4.78, 5) is 22.0. The monoisotopic (exact) mass is 236 g/mol. The summed E-state index contributed by atoms with van der Waals surface area (Å²) in [6.45, 7) is 0. The Morgan fingerprint density at radius 1 is 1.29 bits per heavy atom. The molecule has 5 heteroatoms. The second-order valence-corrected chi connectivity index (χ2v) is 3.30. The van der Waals surface area contributed by atoms with E-state index in [0.717, 1.165) is 0 Å². The Morgan fingerprint density at radius 2 is 2.00 bits per heavy atom. The Balaban J connectivity index is 2.67. The van der Waals surface area contributed by atoms with Crippen molar-refractivity contribution < 1.29 is 24.5 Å². The zero-order valence-electron chi connectivity index (χ0n) is 9.21. The first-order valence-corrected chi connectivity index (χ1v) is 4.82. The second-order valence-electron chi connectivity index (χ2n) is 3.30. The molecule has 0 spiro atoms. The molecule has 0 aliphatic carbocycles. The number of phenols is 2. The fourth-order valence-corrected chi connectivity index (χ4v) is 1.11. The summed E-state index contributed by atoms with van der Waals surface area (Å²) in [7, 11) is 1.21. The van der Waals surface area contributed by atoms with Crippen molar-refractivity contribution in [2.45, 2.75) is 6.42 Å². The van der Waals surface area contributed by atoms with Gasteiger partial charge < -0.3 is 14.9 Å². The highest BCUT2D eigenvalue weighted by atomic mass is 16.5. The quantitative estimate of drug-likeness (QED) is 0.355. The lowest BCUT2D eigenvalue weighted by molar-refractivity contribution is -0.142. The second kappa shape index (κ2) is 5.69. The highest BCUT2D eigenvalue weighted by Crippen LogP contribution is 2.25. The lowest BCUT2D eigenvalue weighted by atomic mass is 10.1. The number of rotatable bonds is 4. The minimum Gasteiger partial charge on any atom is -0.504 e. The largest absolute Gasteiger partial charge is 0.504 e. The summed E-state index contributed by atoms with van der Waals surface area (Å²) >= 11 is 0. The van der Waals surface area contributed by atoms with Gasteiger partial charge in [-0.15, -0.1) is 0 Å². The molecule has 0 aliphatic heterocycles. The van der Waals surface area contributed by atoms with Crippen LogP contribution in [0.1, 0.15) is 12.0 Å². The van der Waals surface area contributed by atoms with Crippen LogP contribution in [0.2, 0.25) is 0 Å². The lowest BCUT2D eigenvalue weighted by Crippen LogP contribution is -2.06. The summed E-state index contributed by atoms with van der Waals surface area (Å²) in [6.07, 6.45) is 2.32. The van der Waals surface area contributed by atoms with Gasteiger partial charge in [-0.05, 0) is 23.8 Å². The Morgan fingerprint density at radius 3 is 2.59 bits per heavy atom. The minimum atomic E-state index is -0.604. The van der Waals surface area contributed by atoms with Crippen LogP contribution in [0.5, 0.6) is 11.5 Å². The molecule has 0 unspecified atom stereocenters. The predicted molar refractivity (Wildman–Crippen MR) is 60.4 cm³/mol. The van der Waals surface area contributed by atoms with Crippen molar-refractivity contribution in [3.8, 4) is 11.5 Å². The summed E-state index contributed by atoms with van der Waals surface area (Å²) in [5, 5.41) is 18.3. The van der Waals surface area contributed by atoms with Crippen molar-refractivity contribution in [2.24, 2.45) is 0 Å². The topological polar surface area (TPSA) is 83.8 Å². The number of carbonyl (C=O) groups excluding carboxylic acids is 2. The van der Waals surface area contributed by atoms with Crippen LogP contribution in [0, 0.1) is 0 Å². The SMILES string of the molecule is COC(=O)CC(=O)C=Cc1ccc(O)c(O)c1. The van der Waals surface area contributed by atoms with Crippen LogP contribution in [0.25, 0.3) is 6.08 Å². The Labute approximate surface area is 98.0 Å². The van der Waals surface area contributed by atoms with E-state index in [1.165, 1.54) is 37.5 Å². The molecule has 1 rings (SSSR count). The van der Waals surface area contributed by atoms with E-state index in [9.17, 15) is 14.7 Å². The van der Waals surface area contributed by atoms with Crippen LogP contribution in [-0.4, -0.2) is 29.1 Å². The molecule has 0 fully saturated rings. The molecule has 2 N–H and O–H groups in total. The first-order valence-electron chi connectivity index (χ1n) is 4.82. The van der Waals surface area contributed by atoms with E-state index >= 15 is 0 Å². The van der Waals surface area contributed by atoms with Gasteiger partial charge in [0.2, 0.25) is 0 Å². The molecule has 0 atom stereocenters. The van der Waals surface area contributed by atoms with Crippen molar-refractivity contribution in [1.29, 1.82) is 0 Å². The van der Waals surface area contributed by atoms with E-state index in [0.29, 0.717) is 5.56 Å². The third-order valence-corrected chi connectivity index (χ3v) is 2.01. The van der Waals surface area contributed by atoms with Gasteiger partial charge in [0.25, 0.3) is 0 Å². The van der Waals surface area contributed by atoms with Crippen molar-refractivity contribution in [3.63, 3.8) is 0 Å². The number of benzene rings is 1. The van der Waals surface area contributed by atoms with E-state index in [1.54, 1.807) is 0 Å². The van der Waals surface area contributed by atoms with Crippen LogP contribution in [0.4, 0.5) is 0 Å². The maximum absolute atomic E-state index is 11.2. The average Bonchev–Trinajstić information content (AvgIpc) is 2.30. The molecule has 0 bridgehead atoms. The van der Waals surface area contributed by atoms with Gasteiger partial charge in [-0.25, -0.2) is 0 Å². The summed E-state index contributed by atoms with van der Waals surface area (Å²) < 4.78 is 4.34. The van der Waals surface area contributed by atoms with Crippen molar-refractivity contribution >= 4 is 17.8 Å². The van der Waals surface area contributed by atoms with E-state index in [4.69, 9.17) is 5.11 Å². The predicted octanol–water partition coefficient (Wildman–Crippen LogP) is 1.24. The van der Waals surface area contributed by atoms with Gasteiger partial charge in [-0.2, -0.15) is 0 Å². The highest BCUT2D eigenvalue weighted by molar-refractivity contribution is 6.03. The summed E-state index contributed by atoms with van der Waals surface area (Å²) in [6, 6.07) is 4.13. The molecule has 0 saturated heterocycles. The molecule has 1 aromatic carbocycles. The molecular weight excluding hydrogens is 224 g/mol. The molecule has 0 radical (unpaired) electrons. The Hall–Kier alpha value is -2.30. The number of allylic oxidation sites excluding steroid dienone is 1. The molecule has 0 amide bonds. The maximum atomic E-state index is 11.2. The third-order valence-electron chi connectivity index (χ3n) is 2.01. The van der Waals surface area contributed by atoms with Gasteiger partial charge in [-0.1, -0.05) is 12.1 Å². The Kier molecular flexibility index (Phi) is 4.28. The third kappa shape index (κ3) is 3.98. The molecule has 0 saturated carbocycles. The van der Waals surface area contributed by atoms with Gasteiger partial charge in [0.05, 0.1) is 7.11 Å². The number of esters is 1. The maximum Gasteiger partial charge on any atom is 0.313 e. The molecular formula is C12H12O5. The zero-order chi connectivity index (χ0) is 12.8. The summed E-state index contributed by atoms with van der Waals surface area (Å²) in [5.41, 5.74) is 0.540. The standard InChI is InChI=1S/C12H12O5/c1-17-12(16)7-9(13)4-2-8-3-5-10(14)11(15)6-8/h2-6,14-15H,7H2,1H3. The number of aromatic hydroxyl groups is 2. The summed E-state index contributed by atoms with van der Waals surface area (Å²) in [5.74, 6) is -1.51. The molecule has 0 aromatic heterocycles. The van der Waals surface area contributed by atoms with Gasteiger partial charge in [0, 0.05) is 0 Å². The number of hydrogen-bond donors (Lipinski definition) is 2. The van der Waals surface area contributed by atoms with Gasteiger partial charge in [0.15, 0.2) is 17.3 Å². The van der Waals surface area contributed by atoms with E-state index in [2.05, 4.69) is 4.74 Å². The van der Waals surface area contributed by atoms with Crippen LogP contribution in [0.15, 0.2) is 24.3 Å². The van der Waals surface area contributed by atoms with Crippen LogP contribution in [-0.2, 0) is 14.3 Å². The fourth-order valence-electron chi connectivity index (χ4n) is 1.11. The molecule has 0 heterocycles. The van der Waals surface area contributed by atoms with Crippen molar-refractivity contribution in [2.75, 3.05) is 7.11 Å². The zero-order valence-corrected chi connectivity index (χ0v) is 9.21. The van der Waals surface area contributed by atoms with Crippen LogP contribution >= 0.6 is 0 Å². The molecule has 17 heavy (non-hydrogen) atoms. The van der Waals surface area contributed by atoms with Gasteiger partial charge >= 0.3 is 5.97 Å². The van der Waals surface area contributed by atoms with Crippen molar-refractivity contribution in [3.05, 3.63) is 29.8 Å². The molecule has 5 nitrogen and oxygen atoms in total. The lowest BCUT2D eigenvalue weighted by Gasteiger charge is -1.98. The molecule has 1 aromatic rings. The first-order chi connectivity index (χ1) is 8.02. The average molecular weight is 236 g/mol. The van der Waals surface area contributed by atoms with Gasteiger partial charge in [0.1, 0.15) is 6.42 Å². The first kappa shape index (κ1) is 12.8. The van der Waals surface area contributed by atoms with Crippen LogP contribution in [0.3, 0.4) is 0 Å². The molecule has 90 valence electrons. The number of methoxy groups -OCH3 is 1. The van der Waals surface area contributed by atoms with E-state index in [1.807, 2.05) is 0 Å². The van der Waals surface area contributed by atoms with Crippen LogP contribution < -0.4 is 0 Å².